The Morgan fingerprint density at radius 3 is 2.59 bits per heavy atom. The van der Waals surface area contributed by atoms with Crippen LogP contribution in [0.2, 0.25) is 5.15 Å². The topological polar surface area (TPSA) is 80.9 Å². The molecule has 0 spiro atoms. The van der Waals surface area contributed by atoms with Gasteiger partial charge in [0, 0.05) is 17.3 Å². The van der Waals surface area contributed by atoms with Crippen molar-refractivity contribution >= 4 is 46.2 Å². The van der Waals surface area contributed by atoms with Crippen LogP contribution in [0.3, 0.4) is 0 Å². The van der Waals surface area contributed by atoms with Gasteiger partial charge in [0.15, 0.2) is 0 Å². The highest BCUT2D eigenvalue weighted by Gasteiger charge is 2.09. The zero-order valence-corrected chi connectivity index (χ0v) is 12.9. The summed E-state index contributed by atoms with van der Waals surface area (Å²) in [7, 11) is 0. The van der Waals surface area contributed by atoms with Crippen LogP contribution in [0, 0.1) is 0 Å². The minimum atomic E-state index is 0.0101. The summed E-state index contributed by atoms with van der Waals surface area (Å²) >= 11 is 7.25. The Morgan fingerprint density at radius 1 is 1.18 bits per heavy atom. The first-order valence-corrected chi connectivity index (χ1v) is 7.63. The summed E-state index contributed by atoms with van der Waals surface area (Å²) in [5.74, 6) is 0.602. The third-order valence-electron chi connectivity index (χ3n) is 2.88. The molecule has 5 nitrogen and oxygen atoms in total. The number of ketones is 1. The Labute approximate surface area is 135 Å². The molecule has 0 aliphatic rings. The number of carbonyl (C=O) groups is 1. The monoisotopic (exact) mass is 330 g/mol. The predicted octanol–water partition coefficient (Wildman–Crippen LogP) is 3.75. The second-order valence-electron chi connectivity index (χ2n) is 4.44. The van der Waals surface area contributed by atoms with Crippen molar-refractivity contribution in [3.63, 3.8) is 0 Å². The summed E-state index contributed by atoms with van der Waals surface area (Å²) in [5.41, 5.74) is 6.95. The fraction of sp³-hybridized carbons (Fsp3) is 0. The van der Waals surface area contributed by atoms with Crippen LogP contribution in [0.5, 0.6) is 0 Å². The molecule has 1 aromatic carbocycles. The van der Waals surface area contributed by atoms with Crippen LogP contribution < -0.4 is 11.1 Å². The van der Waals surface area contributed by atoms with Crippen molar-refractivity contribution in [2.75, 3.05) is 11.1 Å². The van der Waals surface area contributed by atoms with Crippen molar-refractivity contribution in [3.8, 4) is 0 Å². The molecule has 3 aromatic rings. The summed E-state index contributed by atoms with van der Waals surface area (Å²) in [6.45, 7) is 0. The fourth-order valence-corrected chi connectivity index (χ4v) is 2.78. The minimum Gasteiger partial charge on any atom is -0.368 e. The lowest BCUT2D eigenvalue weighted by Gasteiger charge is -2.07. The highest BCUT2D eigenvalue weighted by atomic mass is 35.5. The molecule has 3 rings (SSSR count). The van der Waals surface area contributed by atoms with E-state index in [0.717, 1.165) is 10.6 Å². The SMILES string of the molecule is Nc1nc(Cl)cc(Nc2ccc(C(=O)c3cccs3)cc2)n1. The molecule has 2 aromatic heterocycles. The maximum Gasteiger partial charge on any atom is 0.223 e. The maximum atomic E-state index is 12.2. The number of aromatic nitrogens is 2. The van der Waals surface area contributed by atoms with Crippen molar-refractivity contribution < 1.29 is 4.79 Å². The molecule has 0 bridgehead atoms. The van der Waals surface area contributed by atoms with Crippen molar-refractivity contribution in [1.29, 1.82) is 0 Å². The van der Waals surface area contributed by atoms with Crippen LogP contribution in [0.25, 0.3) is 0 Å². The molecule has 22 heavy (non-hydrogen) atoms. The first-order valence-electron chi connectivity index (χ1n) is 6.37. The van der Waals surface area contributed by atoms with Gasteiger partial charge in [0.1, 0.15) is 11.0 Å². The van der Waals surface area contributed by atoms with Crippen LogP contribution in [-0.2, 0) is 0 Å². The molecule has 0 unspecified atom stereocenters. The molecule has 110 valence electrons. The molecule has 0 fully saturated rings. The van der Waals surface area contributed by atoms with E-state index in [1.165, 1.54) is 11.3 Å². The van der Waals surface area contributed by atoms with Crippen LogP contribution in [0.1, 0.15) is 15.2 Å². The highest BCUT2D eigenvalue weighted by Crippen LogP contribution is 2.20. The van der Waals surface area contributed by atoms with Gasteiger partial charge in [-0.3, -0.25) is 4.79 Å². The number of thiophene rings is 1. The Balaban J connectivity index is 1.78. The molecular formula is C15H11ClN4OS. The second-order valence-corrected chi connectivity index (χ2v) is 5.78. The smallest absolute Gasteiger partial charge is 0.223 e. The average Bonchev–Trinajstić information content (AvgIpc) is 3.00. The van der Waals surface area contributed by atoms with Gasteiger partial charge in [-0.15, -0.1) is 11.3 Å². The van der Waals surface area contributed by atoms with E-state index in [9.17, 15) is 4.79 Å². The van der Waals surface area contributed by atoms with E-state index in [1.807, 2.05) is 17.5 Å². The third-order valence-corrected chi connectivity index (χ3v) is 3.94. The predicted molar refractivity (Wildman–Crippen MR) is 88.9 cm³/mol. The van der Waals surface area contributed by atoms with Gasteiger partial charge >= 0.3 is 0 Å². The van der Waals surface area contributed by atoms with Crippen LogP contribution in [0.15, 0.2) is 47.8 Å². The number of carbonyl (C=O) groups excluding carboxylic acids is 1. The number of nitrogen functional groups attached to an aromatic ring is 1. The number of benzene rings is 1. The summed E-state index contributed by atoms with van der Waals surface area (Å²) < 4.78 is 0. The third kappa shape index (κ3) is 3.24. The number of rotatable bonds is 4. The number of nitrogens with zero attached hydrogens (tertiary/aromatic N) is 2. The average molecular weight is 331 g/mol. The molecule has 2 heterocycles. The number of halogens is 1. The summed E-state index contributed by atoms with van der Waals surface area (Å²) in [4.78, 5) is 20.7. The summed E-state index contributed by atoms with van der Waals surface area (Å²) in [6.07, 6.45) is 0. The molecule has 0 aliphatic carbocycles. The van der Waals surface area contributed by atoms with Crippen LogP contribution >= 0.6 is 22.9 Å². The Hall–Kier alpha value is -2.44. The first-order chi connectivity index (χ1) is 10.6. The fourth-order valence-electron chi connectivity index (χ4n) is 1.90. The molecule has 0 amide bonds. The van der Waals surface area contributed by atoms with Crippen molar-refractivity contribution in [1.82, 2.24) is 9.97 Å². The van der Waals surface area contributed by atoms with E-state index < -0.39 is 0 Å². The molecule has 0 aliphatic heterocycles. The number of nitrogens with one attached hydrogen (secondary N) is 1. The first kappa shape index (κ1) is 14.5. The van der Waals surface area contributed by atoms with Crippen molar-refractivity contribution in [2.24, 2.45) is 0 Å². The minimum absolute atomic E-state index is 0.0101. The van der Waals surface area contributed by atoms with Gasteiger partial charge in [0.2, 0.25) is 11.7 Å². The van der Waals surface area contributed by atoms with Gasteiger partial charge in [-0.25, -0.2) is 4.98 Å². The lowest BCUT2D eigenvalue weighted by atomic mass is 10.1. The molecule has 0 atom stereocenters. The Kier molecular flexibility index (Phi) is 4.04. The van der Waals surface area contributed by atoms with Gasteiger partial charge in [-0.05, 0) is 35.7 Å². The number of anilines is 3. The zero-order chi connectivity index (χ0) is 15.5. The van der Waals surface area contributed by atoms with Gasteiger partial charge < -0.3 is 11.1 Å². The van der Waals surface area contributed by atoms with Crippen molar-refractivity contribution in [2.45, 2.75) is 0 Å². The van der Waals surface area contributed by atoms with E-state index in [-0.39, 0.29) is 16.9 Å². The molecular weight excluding hydrogens is 320 g/mol. The van der Waals surface area contributed by atoms with Crippen molar-refractivity contribution in [3.05, 3.63) is 63.4 Å². The van der Waals surface area contributed by atoms with E-state index in [0.29, 0.717) is 11.4 Å². The van der Waals surface area contributed by atoms with Gasteiger partial charge in [-0.1, -0.05) is 17.7 Å². The molecule has 0 saturated carbocycles. The molecule has 3 N–H and O–H groups in total. The second kappa shape index (κ2) is 6.13. The van der Waals surface area contributed by atoms with Crippen LogP contribution in [0.4, 0.5) is 17.5 Å². The maximum absolute atomic E-state index is 12.2. The molecule has 0 radical (unpaired) electrons. The lowest BCUT2D eigenvalue weighted by Crippen LogP contribution is -2.01. The normalized spacial score (nSPS) is 10.4. The summed E-state index contributed by atoms with van der Waals surface area (Å²) in [5, 5.41) is 5.21. The number of nitrogens with two attached hydrogens (primary N) is 1. The Bertz CT molecular complexity index is 783. The number of hydrogen-bond donors (Lipinski definition) is 2. The Morgan fingerprint density at radius 2 is 1.95 bits per heavy atom. The quantitative estimate of drug-likeness (QED) is 0.562. The van der Waals surface area contributed by atoms with Gasteiger partial charge in [0.25, 0.3) is 0 Å². The van der Waals surface area contributed by atoms with E-state index >= 15 is 0 Å². The standard InChI is InChI=1S/C15H11ClN4OS/c16-12-8-13(20-15(17)19-12)18-10-5-3-9(4-6-10)14(21)11-2-1-7-22-11/h1-8H,(H3,17,18,19,20). The number of hydrogen-bond acceptors (Lipinski definition) is 6. The van der Waals surface area contributed by atoms with Gasteiger partial charge in [-0.2, -0.15) is 4.98 Å². The largest absolute Gasteiger partial charge is 0.368 e. The molecule has 0 saturated heterocycles. The highest BCUT2D eigenvalue weighted by molar-refractivity contribution is 7.12. The van der Waals surface area contributed by atoms with Crippen LogP contribution in [-0.4, -0.2) is 15.8 Å². The lowest BCUT2D eigenvalue weighted by molar-refractivity contribution is 0.104. The van der Waals surface area contributed by atoms with E-state index in [2.05, 4.69) is 15.3 Å². The van der Waals surface area contributed by atoms with E-state index in [1.54, 1.807) is 30.3 Å². The molecule has 7 heteroatoms. The van der Waals surface area contributed by atoms with Gasteiger partial charge in [0.05, 0.1) is 4.88 Å². The summed E-state index contributed by atoms with van der Waals surface area (Å²) in [6, 6.07) is 12.4. The van der Waals surface area contributed by atoms with E-state index in [4.69, 9.17) is 17.3 Å². The zero-order valence-electron chi connectivity index (χ0n) is 11.3.